The first-order chi connectivity index (χ1) is 15.6. The average molecular weight is 464 g/mol. The smallest absolute Gasteiger partial charge is 0.296 e. The first-order valence-electron chi connectivity index (χ1n) is 10.3. The maximum Gasteiger partial charge on any atom is 0.296 e. The van der Waals surface area contributed by atoms with E-state index in [1.807, 2.05) is 0 Å². The molecule has 0 radical (unpaired) electrons. The highest BCUT2D eigenvalue weighted by atomic mass is 19.3. The molecule has 3 N–H and O–H groups in total. The van der Waals surface area contributed by atoms with Gasteiger partial charge in [0, 0.05) is 23.8 Å². The van der Waals surface area contributed by atoms with Gasteiger partial charge in [-0.25, -0.2) is 27.5 Å². The van der Waals surface area contributed by atoms with Crippen molar-refractivity contribution in [2.75, 3.05) is 11.9 Å². The Balaban J connectivity index is 1.73. The first-order valence-corrected chi connectivity index (χ1v) is 10.3. The molecular weight excluding hydrogens is 444 g/mol. The zero-order chi connectivity index (χ0) is 23.8. The highest BCUT2D eigenvalue weighted by molar-refractivity contribution is 6.45. The van der Waals surface area contributed by atoms with Gasteiger partial charge in [-0.15, -0.1) is 0 Å². The van der Waals surface area contributed by atoms with Crippen LogP contribution in [0, 0.1) is 17.6 Å². The predicted octanol–water partition coefficient (Wildman–Crippen LogP) is 3.67. The molecule has 2 fully saturated rings. The minimum atomic E-state index is -3.02. The van der Waals surface area contributed by atoms with Gasteiger partial charge < -0.3 is 15.8 Å². The van der Waals surface area contributed by atoms with E-state index in [1.54, 1.807) is 0 Å². The molecule has 1 atom stereocenters. The second kappa shape index (κ2) is 8.89. The lowest BCUT2D eigenvalue weighted by Gasteiger charge is -2.29. The van der Waals surface area contributed by atoms with Crippen LogP contribution in [0.1, 0.15) is 37.5 Å². The number of nitrogens with one attached hydrogen (secondary N) is 1. The molecule has 7 nitrogen and oxygen atoms in total. The van der Waals surface area contributed by atoms with Crippen LogP contribution in [0.4, 0.5) is 23.2 Å². The zero-order valence-corrected chi connectivity index (χ0v) is 17.3. The molecule has 1 aromatic heterocycles. The number of hydrogen-bond acceptors (Lipinski definition) is 6. The predicted molar refractivity (Wildman–Crippen MR) is 109 cm³/mol. The van der Waals surface area contributed by atoms with Crippen molar-refractivity contribution in [2.24, 2.45) is 11.7 Å². The molecule has 1 saturated carbocycles. The van der Waals surface area contributed by atoms with Gasteiger partial charge >= 0.3 is 0 Å². The minimum Gasteiger partial charge on any atom is -0.402 e. The molecule has 33 heavy (non-hydrogen) atoms. The van der Waals surface area contributed by atoms with E-state index in [1.165, 1.54) is 0 Å². The fourth-order valence-electron chi connectivity index (χ4n) is 3.51. The highest BCUT2D eigenvalue weighted by Crippen LogP contribution is 2.40. The van der Waals surface area contributed by atoms with Crippen LogP contribution in [-0.4, -0.2) is 34.2 Å². The second-order valence-corrected chi connectivity index (χ2v) is 8.04. The van der Waals surface area contributed by atoms with Crippen molar-refractivity contribution in [1.82, 2.24) is 9.97 Å². The Hall–Kier alpha value is -3.34. The Morgan fingerprint density at radius 1 is 1.18 bits per heavy atom. The Bertz CT molecular complexity index is 1120. The number of aromatic nitrogens is 2. The quantitative estimate of drug-likeness (QED) is 0.384. The van der Waals surface area contributed by atoms with Crippen molar-refractivity contribution >= 4 is 17.4 Å². The molecule has 1 aliphatic heterocycles. The Morgan fingerprint density at radius 3 is 2.61 bits per heavy atom. The number of carbonyl (C=O) groups is 2. The molecule has 0 spiro atoms. The van der Waals surface area contributed by atoms with Crippen molar-refractivity contribution in [3.8, 4) is 11.3 Å². The summed E-state index contributed by atoms with van der Waals surface area (Å²) in [5, 5.41) is 2.34. The Labute approximate surface area is 186 Å². The lowest BCUT2D eigenvalue weighted by Crippen LogP contribution is -2.32. The van der Waals surface area contributed by atoms with Crippen LogP contribution >= 0.6 is 0 Å². The van der Waals surface area contributed by atoms with E-state index in [4.69, 9.17) is 10.5 Å². The molecule has 1 saturated heterocycles. The molecular formula is C22H20F4N4O3. The number of amides is 1. The molecule has 1 aliphatic carbocycles. The van der Waals surface area contributed by atoms with Gasteiger partial charge in [0.1, 0.15) is 36.4 Å². The normalized spacial score (nSPS) is 20.4. The maximum absolute atomic E-state index is 14.5. The van der Waals surface area contributed by atoms with E-state index < -0.39 is 48.4 Å². The number of nitrogens with two attached hydrogens (primary N) is 1. The molecule has 0 bridgehead atoms. The lowest BCUT2D eigenvalue weighted by atomic mass is 10.00. The SMILES string of the molecule is N/C(=C\C(=O)C(=O)Nc1c(-c2cc(F)ccc2F)ncnc1C1CCC(F)(F)CO1)C1CC1. The minimum absolute atomic E-state index is 0.0283. The van der Waals surface area contributed by atoms with Crippen molar-refractivity contribution < 1.29 is 31.9 Å². The number of alkyl halides is 2. The van der Waals surface area contributed by atoms with E-state index in [-0.39, 0.29) is 40.7 Å². The number of ether oxygens (including phenoxy) is 1. The van der Waals surface area contributed by atoms with Gasteiger partial charge in [-0.05, 0) is 43.4 Å². The fourth-order valence-corrected chi connectivity index (χ4v) is 3.51. The third kappa shape index (κ3) is 5.19. The number of nitrogens with zero attached hydrogens (tertiary/aromatic N) is 2. The molecule has 4 rings (SSSR count). The summed E-state index contributed by atoms with van der Waals surface area (Å²) in [5.74, 6) is -6.67. The van der Waals surface area contributed by atoms with Crippen LogP contribution in [0.15, 0.2) is 36.3 Å². The van der Waals surface area contributed by atoms with E-state index in [0.29, 0.717) is 0 Å². The summed E-state index contributed by atoms with van der Waals surface area (Å²) in [6.45, 7) is -0.877. The van der Waals surface area contributed by atoms with Gasteiger partial charge in [-0.3, -0.25) is 9.59 Å². The number of hydrogen-bond donors (Lipinski definition) is 2. The summed E-state index contributed by atoms with van der Waals surface area (Å²) in [7, 11) is 0. The van der Waals surface area contributed by atoms with Crippen molar-refractivity contribution in [2.45, 2.75) is 37.7 Å². The standard InChI is InChI=1S/C22H20F4N4O3/c23-12-3-4-14(24)13(7-12)18-20(30-21(32)16(31)8-15(27)11-1-2-11)19(29-10-28-18)17-5-6-22(25,26)9-33-17/h3-4,7-8,10-11,17H,1-2,5-6,9,27H2,(H,30,32)/b15-8-. The van der Waals surface area contributed by atoms with Crippen LogP contribution in [0.3, 0.4) is 0 Å². The van der Waals surface area contributed by atoms with Gasteiger partial charge in [-0.2, -0.15) is 0 Å². The lowest BCUT2D eigenvalue weighted by molar-refractivity contribution is -0.146. The van der Waals surface area contributed by atoms with Crippen molar-refractivity contribution in [1.29, 1.82) is 0 Å². The third-order valence-electron chi connectivity index (χ3n) is 5.44. The molecule has 1 amide bonds. The van der Waals surface area contributed by atoms with Crippen LogP contribution in [0.25, 0.3) is 11.3 Å². The van der Waals surface area contributed by atoms with Crippen LogP contribution in [0.2, 0.25) is 0 Å². The van der Waals surface area contributed by atoms with Gasteiger partial charge in [0.25, 0.3) is 11.8 Å². The van der Waals surface area contributed by atoms with E-state index in [2.05, 4.69) is 15.3 Å². The first kappa shape index (κ1) is 22.8. The monoisotopic (exact) mass is 464 g/mol. The Morgan fingerprint density at radius 2 is 1.94 bits per heavy atom. The topological polar surface area (TPSA) is 107 Å². The number of ketones is 1. The van der Waals surface area contributed by atoms with Gasteiger partial charge in [0.15, 0.2) is 0 Å². The summed E-state index contributed by atoms with van der Waals surface area (Å²) >= 11 is 0. The number of anilines is 1. The maximum atomic E-state index is 14.5. The molecule has 2 aromatic rings. The van der Waals surface area contributed by atoms with E-state index >= 15 is 0 Å². The zero-order valence-electron chi connectivity index (χ0n) is 17.3. The number of carbonyl (C=O) groups excluding carboxylic acids is 2. The summed E-state index contributed by atoms with van der Waals surface area (Å²) in [4.78, 5) is 33.0. The molecule has 2 aliphatic rings. The summed E-state index contributed by atoms with van der Waals surface area (Å²) in [5.41, 5.74) is 5.28. The molecule has 1 aromatic carbocycles. The fraction of sp³-hybridized carbons (Fsp3) is 0.364. The van der Waals surface area contributed by atoms with Crippen LogP contribution < -0.4 is 11.1 Å². The molecule has 11 heteroatoms. The van der Waals surface area contributed by atoms with E-state index in [9.17, 15) is 27.2 Å². The molecule has 1 unspecified atom stereocenters. The molecule has 2 heterocycles. The summed E-state index contributed by atoms with van der Waals surface area (Å²) in [6, 6.07) is 2.64. The van der Waals surface area contributed by atoms with Gasteiger partial charge in [0.05, 0.1) is 11.4 Å². The van der Waals surface area contributed by atoms with Gasteiger partial charge in [-0.1, -0.05) is 0 Å². The Kier molecular flexibility index (Phi) is 6.15. The largest absolute Gasteiger partial charge is 0.402 e. The average Bonchev–Trinajstić information content (AvgIpc) is 3.61. The number of benzene rings is 1. The van der Waals surface area contributed by atoms with Crippen molar-refractivity contribution in [3.05, 3.63) is 53.6 Å². The van der Waals surface area contributed by atoms with Crippen molar-refractivity contribution in [3.63, 3.8) is 0 Å². The number of allylic oxidation sites excluding steroid dienone is 1. The molecule has 174 valence electrons. The number of rotatable bonds is 6. The van der Waals surface area contributed by atoms with E-state index in [0.717, 1.165) is 43.4 Å². The second-order valence-electron chi connectivity index (χ2n) is 8.04. The van der Waals surface area contributed by atoms with Crippen LogP contribution in [0.5, 0.6) is 0 Å². The third-order valence-corrected chi connectivity index (χ3v) is 5.44. The van der Waals surface area contributed by atoms with Gasteiger partial charge in [0.2, 0.25) is 5.78 Å². The summed E-state index contributed by atoms with van der Waals surface area (Å²) in [6.07, 6.45) is 2.03. The number of halogens is 4. The highest BCUT2D eigenvalue weighted by Gasteiger charge is 2.38. The van der Waals surface area contributed by atoms with Crippen LogP contribution in [-0.2, 0) is 14.3 Å². The summed E-state index contributed by atoms with van der Waals surface area (Å²) < 4.78 is 60.7.